The van der Waals surface area contributed by atoms with Crippen molar-refractivity contribution in [3.63, 3.8) is 0 Å². The molecule has 0 saturated heterocycles. The van der Waals surface area contributed by atoms with Gasteiger partial charge in [0.15, 0.2) is 11.5 Å². The molecule has 0 aliphatic carbocycles. The third kappa shape index (κ3) is 4.18. The lowest BCUT2D eigenvalue weighted by atomic mass is 10.1. The van der Waals surface area contributed by atoms with Crippen LogP contribution in [-0.2, 0) is 6.42 Å². The maximum atomic E-state index is 6.18. The van der Waals surface area contributed by atoms with E-state index in [0.717, 1.165) is 35.9 Å². The second-order valence-corrected chi connectivity index (χ2v) is 6.18. The van der Waals surface area contributed by atoms with Gasteiger partial charge in [0.05, 0.1) is 0 Å². The maximum absolute atomic E-state index is 6.18. The minimum Gasteiger partial charge on any atom is -0.486 e. The number of rotatable bonds is 6. The van der Waals surface area contributed by atoms with Crippen molar-refractivity contribution in [1.82, 2.24) is 5.32 Å². The molecule has 1 N–H and O–H groups in total. The molecule has 0 spiro atoms. The van der Waals surface area contributed by atoms with Gasteiger partial charge in [0.25, 0.3) is 0 Å². The molecule has 1 heterocycles. The summed E-state index contributed by atoms with van der Waals surface area (Å²) >= 11 is 6.18. The third-order valence-corrected chi connectivity index (χ3v) is 4.47. The Labute approximate surface area is 142 Å². The maximum Gasteiger partial charge on any atom is 0.161 e. The Morgan fingerprint density at radius 2 is 1.87 bits per heavy atom. The molecule has 122 valence electrons. The van der Waals surface area contributed by atoms with Gasteiger partial charge in [0.1, 0.15) is 13.2 Å². The van der Waals surface area contributed by atoms with Crippen LogP contribution in [0.25, 0.3) is 0 Å². The van der Waals surface area contributed by atoms with Gasteiger partial charge < -0.3 is 14.8 Å². The first kappa shape index (κ1) is 16.2. The van der Waals surface area contributed by atoms with E-state index in [0.29, 0.717) is 13.2 Å². The molecule has 4 heteroatoms. The summed E-state index contributed by atoms with van der Waals surface area (Å²) in [5, 5.41) is 4.41. The summed E-state index contributed by atoms with van der Waals surface area (Å²) in [4.78, 5) is 0. The largest absolute Gasteiger partial charge is 0.486 e. The van der Waals surface area contributed by atoms with Gasteiger partial charge in [-0.25, -0.2) is 0 Å². The van der Waals surface area contributed by atoms with E-state index in [1.54, 1.807) is 0 Å². The first-order valence-corrected chi connectivity index (χ1v) is 8.48. The topological polar surface area (TPSA) is 30.5 Å². The summed E-state index contributed by atoms with van der Waals surface area (Å²) in [6.45, 7) is 4.36. The molecule has 0 saturated carbocycles. The van der Waals surface area contributed by atoms with Crippen LogP contribution in [0.15, 0.2) is 42.5 Å². The Morgan fingerprint density at radius 3 is 2.70 bits per heavy atom. The van der Waals surface area contributed by atoms with E-state index in [9.17, 15) is 0 Å². The van der Waals surface area contributed by atoms with E-state index in [4.69, 9.17) is 21.1 Å². The number of hydrogen-bond acceptors (Lipinski definition) is 3. The SMILES string of the molecule is C[C@H](NCCCc1ccccc1Cl)c1ccc2c(c1)OCCO2. The monoisotopic (exact) mass is 331 g/mol. The molecule has 3 rings (SSSR count). The van der Waals surface area contributed by atoms with Gasteiger partial charge in [-0.1, -0.05) is 35.9 Å². The Morgan fingerprint density at radius 1 is 1.09 bits per heavy atom. The van der Waals surface area contributed by atoms with Crippen molar-refractivity contribution in [1.29, 1.82) is 0 Å². The molecule has 0 aromatic heterocycles. The lowest BCUT2D eigenvalue weighted by molar-refractivity contribution is 0.171. The second kappa shape index (κ2) is 7.71. The highest BCUT2D eigenvalue weighted by atomic mass is 35.5. The molecule has 1 atom stereocenters. The van der Waals surface area contributed by atoms with Crippen molar-refractivity contribution in [2.75, 3.05) is 19.8 Å². The van der Waals surface area contributed by atoms with Crippen molar-refractivity contribution in [2.24, 2.45) is 0 Å². The van der Waals surface area contributed by atoms with Crippen LogP contribution in [0.4, 0.5) is 0 Å². The van der Waals surface area contributed by atoms with Gasteiger partial charge in [-0.05, 0) is 55.6 Å². The number of fused-ring (bicyclic) bond motifs is 1. The number of halogens is 1. The normalized spacial score (nSPS) is 14.5. The van der Waals surface area contributed by atoms with Crippen LogP contribution >= 0.6 is 11.6 Å². The molecule has 2 aromatic carbocycles. The van der Waals surface area contributed by atoms with Crippen LogP contribution in [0.5, 0.6) is 11.5 Å². The number of ether oxygens (including phenoxy) is 2. The molecule has 0 bridgehead atoms. The van der Waals surface area contributed by atoms with Crippen LogP contribution in [0.1, 0.15) is 30.5 Å². The van der Waals surface area contributed by atoms with Crippen molar-refractivity contribution < 1.29 is 9.47 Å². The van der Waals surface area contributed by atoms with Crippen molar-refractivity contribution >= 4 is 11.6 Å². The summed E-state index contributed by atoms with van der Waals surface area (Å²) in [7, 11) is 0. The molecule has 0 fully saturated rings. The fourth-order valence-corrected chi connectivity index (χ4v) is 2.98. The number of nitrogens with one attached hydrogen (secondary N) is 1. The number of aryl methyl sites for hydroxylation is 1. The highest BCUT2D eigenvalue weighted by Crippen LogP contribution is 2.32. The van der Waals surface area contributed by atoms with Gasteiger partial charge in [0.2, 0.25) is 0 Å². The van der Waals surface area contributed by atoms with Gasteiger partial charge in [-0.3, -0.25) is 0 Å². The van der Waals surface area contributed by atoms with E-state index in [2.05, 4.69) is 30.4 Å². The lowest BCUT2D eigenvalue weighted by Gasteiger charge is -2.21. The van der Waals surface area contributed by atoms with Crippen LogP contribution in [0.3, 0.4) is 0 Å². The fourth-order valence-electron chi connectivity index (χ4n) is 2.75. The van der Waals surface area contributed by atoms with E-state index >= 15 is 0 Å². The fraction of sp³-hybridized carbons (Fsp3) is 0.368. The number of hydrogen-bond donors (Lipinski definition) is 1. The van der Waals surface area contributed by atoms with Crippen molar-refractivity contribution in [2.45, 2.75) is 25.8 Å². The van der Waals surface area contributed by atoms with Gasteiger partial charge >= 0.3 is 0 Å². The summed E-state index contributed by atoms with van der Waals surface area (Å²) < 4.78 is 11.2. The summed E-state index contributed by atoms with van der Waals surface area (Å²) in [6, 6.07) is 14.5. The average Bonchev–Trinajstić information content (AvgIpc) is 2.59. The van der Waals surface area contributed by atoms with Gasteiger partial charge in [0, 0.05) is 11.1 Å². The third-order valence-electron chi connectivity index (χ3n) is 4.10. The zero-order valence-corrected chi connectivity index (χ0v) is 14.1. The molecule has 23 heavy (non-hydrogen) atoms. The highest BCUT2D eigenvalue weighted by Gasteiger charge is 2.14. The first-order valence-electron chi connectivity index (χ1n) is 8.10. The average molecular weight is 332 g/mol. The number of benzene rings is 2. The Bertz CT molecular complexity index is 660. The van der Waals surface area contributed by atoms with Gasteiger partial charge in [-0.15, -0.1) is 0 Å². The molecule has 1 aliphatic heterocycles. The van der Waals surface area contributed by atoms with E-state index < -0.39 is 0 Å². The summed E-state index contributed by atoms with van der Waals surface area (Å²) in [5.74, 6) is 1.68. The van der Waals surface area contributed by atoms with Crippen molar-refractivity contribution in [3.8, 4) is 11.5 Å². The predicted molar refractivity (Wildman–Crippen MR) is 93.6 cm³/mol. The zero-order chi connectivity index (χ0) is 16.1. The molecular weight excluding hydrogens is 310 g/mol. The Hall–Kier alpha value is -1.71. The van der Waals surface area contributed by atoms with Crippen molar-refractivity contribution in [3.05, 3.63) is 58.6 Å². The van der Waals surface area contributed by atoms with Crippen LogP contribution in [0.2, 0.25) is 5.02 Å². The Balaban J connectivity index is 1.49. The zero-order valence-electron chi connectivity index (χ0n) is 13.3. The molecule has 1 aliphatic rings. The van der Waals surface area contributed by atoms with Crippen LogP contribution in [-0.4, -0.2) is 19.8 Å². The molecular formula is C19H22ClNO2. The first-order chi connectivity index (χ1) is 11.2. The van der Waals surface area contributed by atoms with Gasteiger partial charge in [-0.2, -0.15) is 0 Å². The lowest BCUT2D eigenvalue weighted by Crippen LogP contribution is -2.21. The minimum absolute atomic E-state index is 0.275. The summed E-state index contributed by atoms with van der Waals surface area (Å²) in [6.07, 6.45) is 2.04. The predicted octanol–water partition coefficient (Wildman–Crippen LogP) is 4.39. The molecule has 2 aromatic rings. The smallest absolute Gasteiger partial charge is 0.161 e. The highest BCUT2D eigenvalue weighted by molar-refractivity contribution is 6.31. The van der Waals surface area contributed by atoms with Crippen LogP contribution < -0.4 is 14.8 Å². The van der Waals surface area contributed by atoms with E-state index in [1.165, 1.54) is 11.1 Å². The van der Waals surface area contributed by atoms with E-state index in [1.807, 2.05) is 24.3 Å². The minimum atomic E-state index is 0.275. The molecule has 3 nitrogen and oxygen atoms in total. The molecule has 0 unspecified atom stereocenters. The molecule has 0 radical (unpaired) electrons. The second-order valence-electron chi connectivity index (χ2n) is 5.77. The van der Waals surface area contributed by atoms with E-state index in [-0.39, 0.29) is 6.04 Å². The standard InChI is InChI=1S/C19H22ClNO2/c1-14(16-8-9-18-19(13-16)23-12-11-22-18)21-10-4-6-15-5-2-3-7-17(15)20/h2-3,5,7-9,13-14,21H,4,6,10-12H2,1H3/t14-/m0/s1. The molecule has 0 amide bonds. The Kier molecular flexibility index (Phi) is 5.42. The quantitative estimate of drug-likeness (QED) is 0.796. The van der Waals surface area contributed by atoms with Crippen LogP contribution in [0, 0.1) is 0 Å². The summed E-state index contributed by atoms with van der Waals surface area (Å²) in [5.41, 5.74) is 2.43.